The van der Waals surface area contributed by atoms with Crippen molar-refractivity contribution in [2.24, 2.45) is 0 Å². The fourth-order valence-electron chi connectivity index (χ4n) is 2.88. The molecule has 1 fully saturated rings. The number of hydrogen-bond acceptors (Lipinski definition) is 6. The Kier molecular flexibility index (Phi) is 5.08. The molecule has 0 spiro atoms. The van der Waals surface area contributed by atoms with Crippen molar-refractivity contribution < 1.29 is 4.79 Å². The highest BCUT2D eigenvalue weighted by Gasteiger charge is 2.25. The average Bonchev–Trinajstić information content (AvgIpc) is 3.12. The molecule has 0 aromatic carbocycles. The Bertz CT molecular complexity index is 697. The van der Waals surface area contributed by atoms with Gasteiger partial charge in [-0.25, -0.2) is 4.98 Å². The predicted octanol–water partition coefficient (Wildman–Crippen LogP) is 2.80. The van der Waals surface area contributed by atoms with E-state index < -0.39 is 0 Å². The zero-order valence-electron chi connectivity index (χ0n) is 14.3. The Morgan fingerprint density at radius 2 is 2.21 bits per heavy atom. The zero-order chi connectivity index (χ0) is 17.1. The van der Waals surface area contributed by atoms with E-state index in [2.05, 4.69) is 39.6 Å². The maximum absolute atomic E-state index is 11.6. The molecule has 1 atom stereocenters. The summed E-state index contributed by atoms with van der Waals surface area (Å²) in [7, 11) is 1.59. The molecule has 1 unspecified atom stereocenters. The highest BCUT2D eigenvalue weighted by atomic mass is 32.1. The van der Waals surface area contributed by atoms with Crippen LogP contribution in [-0.2, 0) is 0 Å². The molecule has 2 aromatic rings. The summed E-state index contributed by atoms with van der Waals surface area (Å²) < 4.78 is 0. The van der Waals surface area contributed by atoms with E-state index in [-0.39, 0.29) is 5.91 Å². The fraction of sp³-hybridized carbons (Fsp3) is 0.529. The number of nitrogens with zero attached hydrogens (tertiary/aromatic N) is 4. The second-order valence-electron chi connectivity index (χ2n) is 6.41. The summed E-state index contributed by atoms with van der Waals surface area (Å²) in [6.45, 7) is 6.22. The zero-order valence-corrected chi connectivity index (χ0v) is 15.1. The quantitative estimate of drug-likeness (QED) is 0.922. The van der Waals surface area contributed by atoms with Crippen LogP contribution in [0.1, 0.15) is 59.7 Å². The molecular formula is C17H23N5OS. The van der Waals surface area contributed by atoms with Crippen LogP contribution < -0.4 is 10.2 Å². The average molecular weight is 345 g/mol. The summed E-state index contributed by atoms with van der Waals surface area (Å²) in [6, 6.07) is 3.60. The number of aromatic nitrogens is 3. The molecule has 0 radical (unpaired) electrons. The van der Waals surface area contributed by atoms with Crippen LogP contribution in [0.5, 0.6) is 0 Å². The molecule has 1 amide bonds. The number of amides is 1. The van der Waals surface area contributed by atoms with Crippen molar-refractivity contribution in [2.75, 3.05) is 25.0 Å². The highest BCUT2D eigenvalue weighted by molar-refractivity contribution is 7.09. The van der Waals surface area contributed by atoms with Crippen molar-refractivity contribution in [1.82, 2.24) is 20.5 Å². The molecule has 7 heteroatoms. The van der Waals surface area contributed by atoms with E-state index in [0.29, 0.717) is 17.5 Å². The van der Waals surface area contributed by atoms with Crippen LogP contribution in [0.3, 0.4) is 0 Å². The van der Waals surface area contributed by atoms with Gasteiger partial charge in [0.05, 0.1) is 10.7 Å². The van der Waals surface area contributed by atoms with Crippen LogP contribution in [0.2, 0.25) is 0 Å². The predicted molar refractivity (Wildman–Crippen MR) is 95.8 cm³/mol. The van der Waals surface area contributed by atoms with Crippen LogP contribution >= 0.6 is 11.3 Å². The van der Waals surface area contributed by atoms with Gasteiger partial charge in [-0.05, 0) is 30.9 Å². The van der Waals surface area contributed by atoms with Gasteiger partial charge in [0.2, 0.25) is 0 Å². The Morgan fingerprint density at radius 1 is 1.38 bits per heavy atom. The molecule has 2 aromatic heterocycles. The lowest BCUT2D eigenvalue weighted by atomic mass is 9.98. The number of nitrogens with one attached hydrogen (secondary N) is 1. The van der Waals surface area contributed by atoms with Gasteiger partial charge < -0.3 is 10.2 Å². The van der Waals surface area contributed by atoms with Crippen LogP contribution in [0.25, 0.3) is 0 Å². The van der Waals surface area contributed by atoms with E-state index in [9.17, 15) is 4.79 Å². The molecule has 0 bridgehead atoms. The lowest BCUT2D eigenvalue weighted by molar-refractivity contribution is 0.0957. The number of carbonyl (C=O) groups is 1. The summed E-state index contributed by atoms with van der Waals surface area (Å²) in [4.78, 5) is 18.6. The van der Waals surface area contributed by atoms with Crippen LogP contribution in [0.4, 0.5) is 5.82 Å². The minimum Gasteiger partial charge on any atom is -0.354 e. The van der Waals surface area contributed by atoms with Crippen molar-refractivity contribution in [1.29, 1.82) is 0 Å². The summed E-state index contributed by atoms with van der Waals surface area (Å²) in [5.74, 6) is 1.53. The van der Waals surface area contributed by atoms with Crippen molar-refractivity contribution in [3.63, 3.8) is 0 Å². The molecule has 24 heavy (non-hydrogen) atoms. The first kappa shape index (κ1) is 16.8. The van der Waals surface area contributed by atoms with Crippen molar-refractivity contribution in [3.8, 4) is 0 Å². The first-order chi connectivity index (χ1) is 11.6. The Balaban J connectivity index is 1.71. The lowest BCUT2D eigenvalue weighted by Gasteiger charge is -2.32. The largest absolute Gasteiger partial charge is 0.354 e. The Morgan fingerprint density at radius 3 is 2.83 bits per heavy atom. The second-order valence-corrected chi connectivity index (χ2v) is 7.30. The van der Waals surface area contributed by atoms with Crippen molar-refractivity contribution in [2.45, 2.75) is 38.5 Å². The van der Waals surface area contributed by atoms with E-state index in [1.54, 1.807) is 24.5 Å². The molecule has 0 aliphatic carbocycles. The van der Waals surface area contributed by atoms with Crippen molar-refractivity contribution >= 4 is 23.1 Å². The third-order valence-corrected chi connectivity index (χ3v) is 5.36. The first-order valence-corrected chi connectivity index (χ1v) is 9.22. The second kappa shape index (κ2) is 7.25. The molecule has 6 nitrogen and oxygen atoms in total. The number of thiazole rings is 1. The van der Waals surface area contributed by atoms with Gasteiger partial charge in [-0.2, -0.15) is 0 Å². The molecule has 128 valence electrons. The normalized spacial score (nSPS) is 18.0. The molecule has 1 N–H and O–H groups in total. The van der Waals surface area contributed by atoms with Gasteiger partial charge in [0.15, 0.2) is 11.5 Å². The lowest BCUT2D eigenvalue weighted by Crippen LogP contribution is -2.35. The molecule has 3 heterocycles. The van der Waals surface area contributed by atoms with Gasteiger partial charge in [-0.3, -0.25) is 4.79 Å². The van der Waals surface area contributed by atoms with E-state index >= 15 is 0 Å². The molecule has 1 saturated heterocycles. The molecule has 1 aliphatic rings. The minimum absolute atomic E-state index is 0.213. The highest BCUT2D eigenvalue weighted by Crippen LogP contribution is 2.32. The molecule has 1 aliphatic heterocycles. The number of piperidine rings is 1. The monoisotopic (exact) mass is 345 g/mol. The SMILES string of the molecule is CNC(=O)c1ccc(N2CCCC(c3nc(C(C)C)cs3)C2)nn1. The third-order valence-electron chi connectivity index (χ3n) is 4.34. The van der Waals surface area contributed by atoms with Gasteiger partial charge in [0, 0.05) is 31.4 Å². The summed E-state index contributed by atoms with van der Waals surface area (Å²) >= 11 is 1.76. The van der Waals surface area contributed by atoms with E-state index in [1.807, 2.05) is 6.07 Å². The van der Waals surface area contributed by atoms with Gasteiger partial charge in [0.1, 0.15) is 0 Å². The van der Waals surface area contributed by atoms with Crippen molar-refractivity contribution in [3.05, 3.63) is 33.9 Å². The third kappa shape index (κ3) is 3.56. The van der Waals surface area contributed by atoms with Gasteiger partial charge >= 0.3 is 0 Å². The molecule has 0 saturated carbocycles. The molecular weight excluding hydrogens is 322 g/mol. The number of carbonyl (C=O) groups excluding carboxylic acids is 1. The summed E-state index contributed by atoms with van der Waals surface area (Å²) in [5.41, 5.74) is 1.53. The van der Waals surface area contributed by atoms with E-state index in [0.717, 1.165) is 31.7 Å². The fourth-order valence-corrected chi connectivity index (χ4v) is 3.99. The van der Waals surface area contributed by atoms with Crippen LogP contribution in [-0.4, -0.2) is 41.2 Å². The van der Waals surface area contributed by atoms with E-state index in [4.69, 9.17) is 4.98 Å². The Labute approximate surface area is 146 Å². The van der Waals surface area contributed by atoms with Crippen LogP contribution in [0, 0.1) is 0 Å². The van der Waals surface area contributed by atoms with E-state index in [1.165, 1.54) is 10.7 Å². The minimum atomic E-state index is -0.213. The molecule has 3 rings (SSSR count). The number of rotatable bonds is 4. The van der Waals surface area contributed by atoms with Crippen LogP contribution in [0.15, 0.2) is 17.5 Å². The summed E-state index contributed by atoms with van der Waals surface area (Å²) in [6.07, 6.45) is 2.27. The summed E-state index contributed by atoms with van der Waals surface area (Å²) in [5, 5.41) is 14.2. The number of hydrogen-bond donors (Lipinski definition) is 1. The maximum atomic E-state index is 11.6. The maximum Gasteiger partial charge on any atom is 0.271 e. The standard InChI is InChI=1S/C17H23N5OS/c1-11(2)14-10-24-17(19-14)12-5-4-8-22(9-12)15-7-6-13(20-21-15)16(23)18-3/h6-7,10-12H,4-5,8-9H2,1-3H3,(H,18,23). The first-order valence-electron chi connectivity index (χ1n) is 8.34. The van der Waals surface area contributed by atoms with Gasteiger partial charge in [-0.15, -0.1) is 21.5 Å². The smallest absolute Gasteiger partial charge is 0.271 e. The topological polar surface area (TPSA) is 71.0 Å². The Hall–Kier alpha value is -2.02. The van der Waals surface area contributed by atoms with Gasteiger partial charge in [-0.1, -0.05) is 13.8 Å². The number of anilines is 1. The van der Waals surface area contributed by atoms with Gasteiger partial charge in [0.25, 0.3) is 5.91 Å².